The maximum Gasteiger partial charge on any atom is 0.00387 e. The van der Waals surface area contributed by atoms with Crippen molar-refractivity contribution in [2.45, 2.75) is 45.6 Å². The molecule has 0 aromatic carbocycles. The molecule has 1 fully saturated rings. The molecule has 1 aliphatic carbocycles. The van der Waals surface area contributed by atoms with Crippen LogP contribution >= 0.6 is 12.4 Å². The molecule has 0 radical (unpaired) electrons. The highest BCUT2D eigenvalue weighted by molar-refractivity contribution is 5.85. The van der Waals surface area contributed by atoms with Gasteiger partial charge >= 0.3 is 0 Å². The first-order valence-electron chi connectivity index (χ1n) is 4.47. The molecule has 0 aromatic heterocycles. The molecule has 2 heteroatoms. The normalized spacial score (nSPS) is 24.3. The Balaban J connectivity index is 0.000001000. The smallest absolute Gasteiger partial charge is 0.00387 e. The summed E-state index contributed by atoms with van der Waals surface area (Å²) in [5.74, 6) is 1.67. The van der Waals surface area contributed by atoms with Gasteiger partial charge in [-0.05, 0) is 18.8 Å². The van der Waals surface area contributed by atoms with Crippen molar-refractivity contribution in [2.24, 2.45) is 17.6 Å². The Bertz CT molecular complexity index is 97.7. The van der Waals surface area contributed by atoms with Crippen LogP contribution in [0.5, 0.6) is 0 Å². The summed E-state index contributed by atoms with van der Waals surface area (Å²) in [5.41, 5.74) is 5.82. The molecule has 0 spiro atoms. The lowest BCUT2D eigenvalue weighted by Crippen LogP contribution is -2.29. The van der Waals surface area contributed by atoms with Crippen molar-refractivity contribution >= 4 is 12.4 Å². The van der Waals surface area contributed by atoms with E-state index in [9.17, 15) is 0 Å². The molecule has 0 aromatic rings. The lowest BCUT2D eigenvalue weighted by molar-refractivity contribution is 0.321. The minimum Gasteiger partial charge on any atom is -0.328 e. The second-order valence-electron chi connectivity index (χ2n) is 3.76. The number of hydrogen-bond acceptors (Lipinski definition) is 1. The molecule has 0 aliphatic heterocycles. The molecule has 1 saturated carbocycles. The molecule has 2 atom stereocenters. The molecule has 68 valence electrons. The maximum absolute atomic E-state index is 5.82. The molecule has 1 nitrogen and oxygen atoms in total. The molecule has 0 amide bonds. The molecule has 2 N–H and O–H groups in total. The molecule has 0 saturated heterocycles. The van der Waals surface area contributed by atoms with Crippen molar-refractivity contribution in [3.05, 3.63) is 0 Å². The minimum absolute atomic E-state index is 0. The highest BCUT2D eigenvalue weighted by Gasteiger charge is 2.23. The third kappa shape index (κ3) is 3.00. The van der Waals surface area contributed by atoms with Gasteiger partial charge in [-0.2, -0.15) is 0 Å². The van der Waals surface area contributed by atoms with Crippen LogP contribution in [-0.4, -0.2) is 6.04 Å². The molecule has 0 bridgehead atoms. The van der Waals surface area contributed by atoms with Gasteiger partial charge in [0.05, 0.1) is 0 Å². The highest BCUT2D eigenvalue weighted by atomic mass is 35.5. The van der Waals surface area contributed by atoms with Gasteiger partial charge in [-0.15, -0.1) is 12.4 Å². The Morgan fingerprint density at radius 3 is 2.00 bits per heavy atom. The summed E-state index contributed by atoms with van der Waals surface area (Å²) in [6.07, 6.45) is 5.70. The van der Waals surface area contributed by atoms with Gasteiger partial charge < -0.3 is 5.73 Å². The van der Waals surface area contributed by atoms with E-state index in [1.54, 1.807) is 0 Å². The first-order chi connectivity index (χ1) is 4.72. The van der Waals surface area contributed by atoms with E-state index in [1.165, 1.54) is 25.7 Å². The van der Waals surface area contributed by atoms with Crippen molar-refractivity contribution in [1.82, 2.24) is 0 Å². The van der Waals surface area contributed by atoms with E-state index in [0.29, 0.717) is 6.04 Å². The Morgan fingerprint density at radius 2 is 1.64 bits per heavy atom. The van der Waals surface area contributed by atoms with Gasteiger partial charge in [0.15, 0.2) is 0 Å². The predicted octanol–water partition coefficient (Wildman–Crippen LogP) is 2.58. The van der Waals surface area contributed by atoms with Gasteiger partial charge in [0.25, 0.3) is 0 Å². The molecule has 11 heavy (non-hydrogen) atoms. The standard InChI is InChI=1S/C9H19N.ClH/c1-7(8(2)10)9-5-3-4-6-9;/h7-9H,3-6,10H2,1-2H3;1H. The monoisotopic (exact) mass is 177 g/mol. The summed E-state index contributed by atoms with van der Waals surface area (Å²) in [4.78, 5) is 0. The number of hydrogen-bond donors (Lipinski definition) is 1. The van der Waals surface area contributed by atoms with Gasteiger partial charge in [-0.1, -0.05) is 32.6 Å². The van der Waals surface area contributed by atoms with Crippen LogP contribution in [0.4, 0.5) is 0 Å². The van der Waals surface area contributed by atoms with Crippen LogP contribution in [0.2, 0.25) is 0 Å². The quantitative estimate of drug-likeness (QED) is 0.690. The summed E-state index contributed by atoms with van der Waals surface area (Å²) in [7, 11) is 0. The Morgan fingerprint density at radius 1 is 1.18 bits per heavy atom. The first kappa shape index (κ1) is 11.2. The maximum atomic E-state index is 5.82. The fourth-order valence-electron chi connectivity index (χ4n) is 1.91. The fourth-order valence-corrected chi connectivity index (χ4v) is 1.91. The van der Waals surface area contributed by atoms with Crippen molar-refractivity contribution in [3.63, 3.8) is 0 Å². The number of nitrogens with two attached hydrogens (primary N) is 1. The Kier molecular flexibility index (Phi) is 5.11. The van der Waals surface area contributed by atoms with Crippen LogP contribution in [-0.2, 0) is 0 Å². The zero-order chi connectivity index (χ0) is 7.56. The van der Waals surface area contributed by atoms with Crippen LogP contribution < -0.4 is 5.73 Å². The Hall–Kier alpha value is 0.250. The number of halogens is 1. The van der Waals surface area contributed by atoms with E-state index in [-0.39, 0.29) is 12.4 Å². The summed E-state index contributed by atoms with van der Waals surface area (Å²) in [6.45, 7) is 4.42. The highest BCUT2D eigenvalue weighted by Crippen LogP contribution is 2.32. The molecular formula is C9H20ClN. The zero-order valence-corrected chi connectivity index (χ0v) is 8.36. The van der Waals surface area contributed by atoms with Crippen LogP contribution in [0.3, 0.4) is 0 Å². The molecule has 2 unspecified atom stereocenters. The van der Waals surface area contributed by atoms with Gasteiger partial charge in [-0.3, -0.25) is 0 Å². The Labute approximate surface area is 76.1 Å². The lowest BCUT2D eigenvalue weighted by atomic mass is 9.88. The van der Waals surface area contributed by atoms with Crippen molar-refractivity contribution in [2.75, 3.05) is 0 Å². The van der Waals surface area contributed by atoms with E-state index < -0.39 is 0 Å². The summed E-state index contributed by atoms with van der Waals surface area (Å²) in [6, 6.07) is 0.392. The van der Waals surface area contributed by atoms with E-state index in [2.05, 4.69) is 13.8 Å². The van der Waals surface area contributed by atoms with Gasteiger partial charge in [0.1, 0.15) is 0 Å². The summed E-state index contributed by atoms with van der Waals surface area (Å²) < 4.78 is 0. The average molecular weight is 178 g/mol. The van der Waals surface area contributed by atoms with Crippen LogP contribution in [0.1, 0.15) is 39.5 Å². The lowest BCUT2D eigenvalue weighted by Gasteiger charge is -2.21. The van der Waals surface area contributed by atoms with Crippen molar-refractivity contribution in [1.29, 1.82) is 0 Å². The van der Waals surface area contributed by atoms with Gasteiger partial charge in [0, 0.05) is 6.04 Å². The largest absolute Gasteiger partial charge is 0.328 e. The SMILES string of the molecule is CC(N)C(C)C1CCCC1.Cl. The van der Waals surface area contributed by atoms with Gasteiger partial charge in [0.2, 0.25) is 0 Å². The molecule has 1 rings (SSSR count). The summed E-state index contributed by atoms with van der Waals surface area (Å²) in [5, 5.41) is 0. The second kappa shape index (κ2) is 5.00. The predicted molar refractivity (Wildman–Crippen MR) is 52.0 cm³/mol. The average Bonchev–Trinajstić information content (AvgIpc) is 2.36. The molecular weight excluding hydrogens is 158 g/mol. The fraction of sp³-hybridized carbons (Fsp3) is 1.00. The van der Waals surface area contributed by atoms with Crippen LogP contribution in [0.15, 0.2) is 0 Å². The van der Waals surface area contributed by atoms with Crippen LogP contribution in [0.25, 0.3) is 0 Å². The molecule has 0 heterocycles. The minimum atomic E-state index is 0. The third-order valence-electron chi connectivity index (χ3n) is 2.97. The number of rotatable bonds is 2. The van der Waals surface area contributed by atoms with E-state index >= 15 is 0 Å². The van der Waals surface area contributed by atoms with Crippen LogP contribution in [0, 0.1) is 11.8 Å². The summed E-state index contributed by atoms with van der Waals surface area (Å²) >= 11 is 0. The van der Waals surface area contributed by atoms with E-state index in [1.807, 2.05) is 0 Å². The van der Waals surface area contributed by atoms with Gasteiger partial charge in [-0.25, -0.2) is 0 Å². The second-order valence-corrected chi connectivity index (χ2v) is 3.76. The van der Waals surface area contributed by atoms with Crippen molar-refractivity contribution in [3.8, 4) is 0 Å². The first-order valence-corrected chi connectivity index (χ1v) is 4.47. The van der Waals surface area contributed by atoms with E-state index in [4.69, 9.17) is 5.73 Å². The van der Waals surface area contributed by atoms with Crippen molar-refractivity contribution < 1.29 is 0 Å². The molecule has 1 aliphatic rings. The zero-order valence-electron chi connectivity index (χ0n) is 7.55. The topological polar surface area (TPSA) is 26.0 Å². The van der Waals surface area contributed by atoms with E-state index in [0.717, 1.165) is 11.8 Å². The third-order valence-corrected chi connectivity index (χ3v) is 2.97.